The Labute approximate surface area is 90.8 Å². The Morgan fingerprint density at radius 1 is 1.27 bits per heavy atom. The van der Waals surface area contributed by atoms with Crippen LogP contribution in [0.25, 0.3) is 0 Å². The topological polar surface area (TPSA) is 38.5 Å². The molecule has 1 saturated heterocycles. The first-order valence-electron chi connectivity index (χ1n) is 5.30. The first-order chi connectivity index (χ1) is 7.09. The minimum absolute atomic E-state index is 0.0639. The van der Waals surface area contributed by atoms with E-state index in [9.17, 15) is 0 Å². The predicted octanol–water partition coefficient (Wildman–Crippen LogP) is 1.88. The molecular formula is C12H18N2O. The second-order valence-electron chi connectivity index (χ2n) is 4.61. The van der Waals surface area contributed by atoms with Crippen molar-refractivity contribution in [2.75, 3.05) is 30.4 Å². The van der Waals surface area contributed by atoms with Crippen LogP contribution in [0.4, 0.5) is 11.4 Å². The molecule has 1 aromatic rings. The van der Waals surface area contributed by atoms with Crippen molar-refractivity contribution in [1.29, 1.82) is 0 Å². The van der Waals surface area contributed by atoms with Crippen molar-refractivity contribution < 1.29 is 4.74 Å². The predicted molar refractivity (Wildman–Crippen MR) is 63.1 cm³/mol. The van der Waals surface area contributed by atoms with Gasteiger partial charge in [0.15, 0.2) is 0 Å². The van der Waals surface area contributed by atoms with E-state index < -0.39 is 0 Å². The summed E-state index contributed by atoms with van der Waals surface area (Å²) in [7, 11) is 0. The zero-order chi connectivity index (χ0) is 10.9. The lowest BCUT2D eigenvalue weighted by Crippen LogP contribution is -2.53. The van der Waals surface area contributed by atoms with Gasteiger partial charge in [-0.25, -0.2) is 0 Å². The van der Waals surface area contributed by atoms with E-state index in [4.69, 9.17) is 10.5 Å². The van der Waals surface area contributed by atoms with Crippen LogP contribution in [0, 0.1) is 0 Å². The van der Waals surface area contributed by atoms with Crippen LogP contribution in [-0.4, -0.2) is 25.3 Å². The maximum Gasteiger partial charge on any atom is 0.0694 e. The fourth-order valence-electron chi connectivity index (χ4n) is 1.99. The highest BCUT2D eigenvalue weighted by atomic mass is 16.5. The van der Waals surface area contributed by atoms with Crippen molar-refractivity contribution >= 4 is 11.4 Å². The van der Waals surface area contributed by atoms with E-state index in [1.54, 1.807) is 0 Å². The number of morpholine rings is 1. The summed E-state index contributed by atoms with van der Waals surface area (Å²) in [5.41, 5.74) is 7.77. The molecule has 3 heteroatoms. The number of benzene rings is 1. The van der Waals surface area contributed by atoms with Crippen molar-refractivity contribution in [1.82, 2.24) is 0 Å². The molecule has 0 aromatic heterocycles. The Bertz CT molecular complexity index is 332. The molecule has 3 nitrogen and oxygen atoms in total. The van der Waals surface area contributed by atoms with Crippen molar-refractivity contribution in [2.24, 2.45) is 0 Å². The second kappa shape index (κ2) is 3.74. The van der Waals surface area contributed by atoms with E-state index in [2.05, 4.69) is 30.9 Å². The van der Waals surface area contributed by atoms with Crippen LogP contribution >= 0.6 is 0 Å². The normalized spacial score (nSPS) is 20.3. The summed E-state index contributed by atoms with van der Waals surface area (Å²) in [6, 6.07) is 8.03. The third-order valence-electron chi connectivity index (χ3n) is 2.85. The molecule has 0 saturated carbocycles. The van der Waals surface area contributed by atoms with Gasteiger partial charge in [0.2, 0.25) is 0 Å². The SMILES string of the molecule is CC1(C)COCCN1c1ccc(N)cc1. The third kappa shape index (κ3) is 2.07. The summed E-state index contributed by atoms with van der Waals surface area (Å²) in [5.74, 6) is 0. The van der Waals surface area contributed by atoms with Crippen LogP contribution in [-0.2, 0) is 4.74 Å². The molecule has 1 fully saturated rings. The van der Waals surface area contributed by atoms with E-state index in [-0.39, 0.29) is 5.54 Å². The molecule has 0 atom stereocenters. The Morgan fingerprint density at radius 3 is 2.53 bits per heavy atom. The number of ether oxygens (including phenoxy) is 1. The summed E-state index contributed by atoms with van der Waals surface area (Å²) in [5, 5.41) is 0. The van der Waals surface area contributed by atoms with Gasteiger partial charge in [-0.2, -0.15) is 0 Å². The van der Waals surface area contributed by atoms with Gasteiger partial charge >= 0.3 is 0 Å². The van der Waals surface area contributed by atoms with Gasteiger partial charge in [0.1, 0.15) is 0 Å². The van der Waals surface area contributed by atoms with Crippen molar-refractivity contribution in [2.45, 2.75) is 19.4 Å². The minimum Gasteiger partial charge on any atom is -0.399 e. The standard InChI is InChI=1S/C12H18N2O/c1-12(2)9-15-8-7-14(12)11-5-3-10(13)4-6-11/h3-6H,7-9,13H2,1-2H3. The molecule has 1 aromatic carbocycles. The molecule has 15 heavy (non-hydrogen) atoms. The quantitative estimate of drug-likeness (QED) is 0.713. The monoisotopic (exact) mass is 206 g/mol. The lowest BCUT2D eigenvalue weighted by Gasteiger charge is -2.43. The van der Waals surface area contributed by atoms with E-state index in [1.165, 1.54) is 5.69 Å². The first kappa shape index (κ1) is 10.3. The summed E-state index contributed by atoms with van der Waals surface area (Å²) < 4.78 is 5.49. The average Bonchev–Trinajstić information content (AvgIpc) is 2.19. The molecular weight excluding hydrogens is 188 g/mol. The lowest BCUT2D eigenvalue weighted by molar-refractivity contribution is 0.0644. The molecule has 2 rings (SSSR count). The Balaban J connectivity index is 2.25. The van der Waals surface area contributed by atoms with Gasteiger partial charge in [-0.05, 0) is 38.1 Å². The first-order valence-corrected chi connectivity index (χ1v) is 5.30. The van der Waals surface area contributed by atoms with E-state index in [0.29, 0.717) is 0 Å². The minimum atomic E-state index is 0.0639. The molecule has 1 aliphatic rings. The fourth-order valence-corrected chi connectivity index (χ4v) is 1.99. The molecule has 0 unspecified atom stereocenters. The Morgan fingerprint density at radius 2 is 1.93 bits per heavy atom. The average molecular weight is 206 g/mol. The summed E-state index contributed by atoms with van der Waals surface area (Å²) >= 11 is 0. The highest BCUT2D eigenvalue weighted by Gasteiger charge is 2.30. The summed E-state index contributed by atoms with van der Waals surface area (Å²) in [4.78, 5) is 2.37. The van der Waals surface area contributed by atoms with Gasteiger partial charge in [0.25, 0.3) is 0 Å². The van der Waals surface area contributed by atoms with Crippen molar-refractivity contribution in [3.63, 3.8) is 0 Å². The summed E-state index contributed by atoms with van der Waals surface area (Å²) in [6.45, 7) is 6.91. The largest absolute Gasteiger partial charge is 0.399 e. The van der Waals surface area contributed by atoms with Crippen LogP contribution in [0.2, 0.25) is 0 Å². The number of rotatable bonds is 1. The molecule has 1 heterocycles. The van der Waals surface area contributed by atoms with E-state index >= 15 is 0 Å². The number of hydrogen-bond acceptors (Lipinski definition) is 3. The van der Waals surface area contributed by atoms with Gasteiger partial charge in [-0.3, -0.25) is 0 Å². The van der Waals surface area contributed by atoms with Crippen molar-refractivity contribution in [3.05, 3.63) is 24.3 Å². The highest BCUT2D eigenvalue weighted by molar-refractivity contribution is 5.54. The smallest absolute Gasteiger partial charge is 0.0694 e. The fraction of sp³-hybridized carbons (Fsp3) is 0.500. The molecule has 82 valence electrons. The van der Waals surface area contributed by atoms with Gasteiger partial charge < -0.3 is 15.4 Å². The number of anilines is 2. The van der Waals surface area contributed by atoms with Crippen LogP contribution in [0.1, 0.15) is 13.8 Å². The van der Waals surface area contributed by atoms with Crippen LogP contribution in [0.15, 0.2) is 24.3 Å². The number of nitrogens with two attached hydrogens (primary N) is 1. The highest BCUT2D eigenvalue weighted by Crippen LogP contribution is 2.27. The van der Waals surface area contributed by atoms with E-state index in [0.717, 1.165) is 25.4 Å². The number of hydrogen-bond donors (Lipinski definition) is 1. The molecule has 0 spiro atoms. The van der Waals surface area contributed by atoms with Crippen LogP contribution < -0.4 is 10.6 Å². The van der Waals surface area contributed by atoms with Crippen LogP contribution in [0.5, 0.6) is 0 Å². The maximum atomic E-state index is 5.68. The number of nitrogens with zero attached hydrogens (tertiary/aromatic N) is 1. The van der Waals surface area contributed by atoms with Crippen LogP contribution in [0.3, 0.4) is 0 Å². The van der Waals surface area contributed by atoms with Gasteiger partial charge in [-0.15, -0.1) is 0 Å². The molecule has 0 radical (unpaired) electrons. The molecule has 1 aliphatic heterocycles. The molecule has 0 bridgehead atoms. The van der Waals surface area contributed by atoms with Gasteiger partial charge in [0, 0.05) is 17.9 Å². The maximum absolute atomic E-state index is 5.68. The zero-order valence-corrected chi connectivity index (χ0v) is 9.36. The lowest BCUT2D eigenvalue weighted by atomic mass is 10.0. The summed E-state index contributed by atoms with van der Waals surface area (Å²) in [6.07, 6.45) is 0. The van der Waals surface area contributed by atoms with E-state index in [1.807, 2.05) is 12.1 Å². The van der Waals surface area contributed by atoms with Gasteiger partial charge in [-0.1, -0.05) is 0 Å². The Hall–Kier alpha value is -1.22. The third-order valence-corrected chi connectivity index (χ3v) is 2.85. The second-order valence-corrected chi connectivity index (χ2v) is 4.61. The van der Waals surface area contributed by atoms with Gasteiger partial charge in [0.05, 0.1) is 18.8 Å². The zero-order valence-electron chi connectivity index (χ0n) is 9.36. The number of nitrogen functional groups attached to an aromatic ring is 1. The molecule has 0 aliphatic carbocycles. The molecule has 2 N–H and O–H groups in total. The Kier molecular flexibility index (Phi) is 2.57. The van der Waals surface area contributed by atoms with Crippen molar-refractivity contribution in [3.8, 4) is 0 Å². The molecule has 0 amide bonds.